The Hall–Kier alpha value is -1.39. The third-order valence-electron chi connectivity index (χ3n) is 2.48. The summed E-state index contributed by atoms with van der Waals surface area (Å²) in [4.78, 5) is 16.6. The summed E-state index contributed by atoms with van der Waals surface area (Å²) in [6.45, 7) is 1.04. The minimum absolute atomic E-state index is 0.187. The predicted molar refractivity (Wildman–Crippen MR) is 58.3 cm³/mol. The maximum atomic E-state index is 11.5. The largest absolute Gasteiger partial charge is 0.368 e. The van der Waals surface area contributed by atoms with E-state index in [1.54, 1.807) is 0 Å². The Bertz CT molecular complexity index is 333. The third-order valence-corrected chi connectivity index (χ3v) is 2.48. The summed E-state index contributed by atoms with van der Waals surface area (Å²) < 4.78 is 5.23. The van der Waals surface area contributed by atoms with E-state index in [2.05, 4.69) is 5.48 Å². The topological polar surface area (TPSA) is 47.6 Å². The maximum Gasteiger partial charge on any atom is 0.272 e. The molecule has 1 fully saturated rings. The Kier molecular flexibility index (Phi) is 3.91. The molecule has 1 saturated heterocycles. The number of amides is 1. The molecule has 0 unspecified atom stereocenters. The average Bonchev–Trinajstić information content (AvgIpc) is 2.84. The molecule has 4 heteroatoms. The molecule has 1 aromatic rings. The minimum atomic E-state index is -0.337. The molecule has 1 aromatic carbocycles. The fourth-order valence-corrected chi connectivity index (χ4v) is 1.61. The zero-order valence-electron chi connectivity index (χ0n) is 9.02. The van der Waals surface area contributed by atoms with Crippen molar-refractivity contribution in [1.82, 2.24) is 5.48 Å². The summed E-state index contributed by atoms with van der Waals surface area (Å²) in [7, 11) is 0. The van der Waals surface area contributed by atoms with Gasteiger partial charge >= 0.3 is 0 Å². The lowest BCUT2D eigenvalue weighted by Crippen LogP contribution is -2.33. The molecule has 0 radical (unpaired) electrons. The second-order valence-corrected chi connectivity index (χ2v) is 3.74. The van der Waals surface area contributed by atoms with Crippen LogP contribution >= 0.6 is 0 Å². The number of hydroxylamine groups is 1. The van der Waals surface area contributed by atoms with Crippen LogP contribution in [0.5, 0.6) is 0 Å². The van der Waals surface area contributed by atoms with Crippen molar-refractivity contribution in [2.45, 2.75) is 25.6 Å². The van der Waals surface area contributed by atoms with E-state index in [1.165, 1.54) is 0 Å². The van der Waals surface area contributed by atoms with Gasteiger partial charge in [0, 0.05) is 6.61 Å². The minimum Gasteiger partial charge on any atom is -0.368 e. The zero-order chi connectivity index (χ0) is 11.2. The number of carbonyl (C=O) groups is 1. The normalized spacial score (nSPS) is 19.6. The molecule has 0 aliphatic carbocycles. The van der Waals surface area contributed by atoms with Gasteiger partial charge in [-0.2, -0.15) is 0 Å². The van der Waals surface area contributed by atoms with Crippen molar-refractivity contribution in [3.8, 4) is 0 Å². The van der Waals surface area contributed by atoms with Crippen molar-refractivity contribution in [3.63, 3.8) is 0 Å². The molecule has 1 heterocycles. The molecule has 1 aliphatic heterocycles. The van der Waals surface area contributed by atoms with Crippen molar-refractivity contribution in [1.29, 1.82) is 0 Å². The van der Waals surface area contributed by atoms with Gasteiger partial charge in [0.15, 0.2) is 0 Å². The van der Waals surface area contributed by atoms with Crippen LogP contribution in [0.1, 0.15) is 18.4 Å². The first-order valence-electron chi connectivity index (χ1n) is 5.43. The highest BCUT2D eigenvalue weighted by atomic mass is 16.7. The first-order valence-corrected chi connectivity index (χ1v) is 5.43. The fraction of sp³-hybridized carbons (Fsp3) is 0.417. The molecular weight excluding hydrogens is 206 g/mol. The standard InChI is InChI=1S/C12H15NO3/c14-12(11-7-4-8-15-11)13-16-9-10-5-2-1-3-6-10/h1-3,5-6,11H,4,7-9H2,(H,13,14)/t11-/m0/s1. The van der Waals surface area contributed by atoms with Gasteiger partial charge in [-0.1, -0.05) is 30.3 Å². The lowest BCUT2D eigenvalue weighted by atomic mass is 10.2. The van der Waals surface area contributed by atoms with Gasteiger partial charge < -0.3 is 4.74 Å². The second kappa shape index (κ2) is 5.63. The molecule has 2 rings (SSSR count). The summed E-state index contributed by atoms with van der Waals surface area (Å²) in [5.41, 5.74) is 3.43. The van der Waals surface area contributed by atoms with Crippen molar-refractivity contribution < 1.29 is 14.4 Å². The van der Waals surface area contributed by atoms with Gasteiger partial charge in [0.25, 0.3) is 5.91 Å². The highest BCUT2D eigenvalue weighted by molar-refractivity contribution is 5.79. The molecule has 0 spiro atoms. The summed E-state index contributed by atoms with van der Waals surface area (Å²) in [6, 6.07) is 9.69. The van der Waals surface area contributed by atoms with Gasteiger partial charge in [-0.25, -0.2) is 5.48 Å². The Morgan fingerprint density at radius 2 is 2.25 bits per heavy atom. The SMILES string of the molecule is O=C(NOCc1ccccc1)[C@@H]1CCCO1. The number of hydrogen-bond donors (Lipinski definition) is 1. The van der Waals surface area contributed by atoms with Gasteiger partial charge in [-0.05, 0) is 18.4 Å². The molecule has 4 nitrogen and oxygen atoms in total. The van der Waals surface area contributed by atoms with Gasteiger partial charge in [0.1, 0.15) is 6.10 Å². The van der Waals surface area contributed by atoms with E-state index in [0.717, 1.165) is 18.4 Å². The van der Waals surface area contributed by atoms with Crippen LogP contribution in [0.25, 0.3) is 0 Å². The van der Waals surface area contributed by atoms with Crippen molar-refractivity contribution in [2.75, 3.05) is 6.61 Å². The molecule has 1 aliphatic rings. The Labute approximate surface area is 94.5 Å². The number of nitrogens with one attached hydrogen (secondary N) is 1. The van der Waals surface area contributed by atoms with Crippen LogP contribution in [0.2, 0.25) is 0 Å². The Morgan fingerprint density at radius 3 is 2.94 bits per heavy atom. The summed E-state index contributed by atoms with van der Waals surface area (Å²) in [5.74, 6) is -0.187. The smallest absolute Gasteiger partial charge is 0.272 e. The summed E-state index contributed by atoms with van der Waals surface area (Å²) in [6.07, 6.45) is 1.38. The molecule has 0 aromatic heterocycles. The lowest BCUT2D eigenvalue weighted by Gasteiger charge is -2.10. The van der Waals surface area contributed by atoms with Crippen LogP contribution in [0, 0.1) is 0 Å². The van der Waals surface area contributed by atoms with Crippen LogP contribution in [0.4, 0.5) is 0 Å². The molecule has 86 valence electrons. The number of ether oxygens (including phenoxy) is 1. The summed E-state index contributed by atoms with van der Waals surface area (Å²) in [5, 5.41) is 0. The van der Waals surface area contributed by atoms with E-state index in [1.807, 2.05) is 30.3 Å². The van der Waals surface area contributed by atoms with E-state index >= 15 is 0 Å². The molecular formula is C12H15NO3. The van der Waals surface area contributed by atoms with Crippen LogP contribution in [-0.4, -0.2) is 18.6 Å². The molecule has 1 N–H and O–H groups in total. The maximum absolute atomic E-state index is 11.5. The Balaban J connectivity index is 1.70. The van der Waals surface area contributed by atoms with E-state index in [9.17, 15) is 4.79 Å². The first kappa shape index (κ1) is 11.1. The molecule has 0 saturated carbocycles. The van der Waals surface area contributed by atoms with Gasteiger partial charge in [0.05, 0.1) is 6.61 Å². The number of rotatable bonds is 4. The second-order valence-electron chi connectivity index (χ2n) is 3.74. The third kappa shape index (κ3) is 3.05. The lowest BCUT2D eigenvalue weighted by molar-refractivity contribution is -0.144. The van der Waals surface area contributed by atoms with Gasteiger partial charge in [-0.15, -0.1) is 0 Å². The van der Waals surface area contributed by atoms with E-state index in [-0.39, 0.29) is 12.0 Å². The zero-order valence-corrected chi connectivity index (χ0v) is 9.02. The Morgan fingerprint density at radius 1 is 1.44 bits per heavy atom. The summed E-state index contributed by atoms with van der Waals surface area (Å²) >= 11 is 0. The van der Waals surface area contributed by atoms with E-state index in [0.29, 0.717) is 13.2 Å². The number of benzene rings is 1. The van der Waals surface area contributed by atoms with E-state index in [4.69, 9.17) is 9.57 Å². The van der Waals surface area contributed by atoms with E-state index < -0.39 is 0 Å². The average molecular weight is 221 g/mol. The number of carbonyl (C=O) groups excluding carboxylic acids is 1. The van der Waals surface area contributed by atoms with Gasteiger partial charge in [-0.3, -0.25) is 9.63 Å². The highest BCUT2D eigenvalue weighted by Gasteiger charge is 2.23. The quantitative estimate of drug-likeness (QED) is 0.782. The van der Waals surface area contributed by atoms with Crippen molar-refractivity contribution in [3.05, 3.63) is 35.9 Å². The molecule has 1 amide bonds. The first-order chi connectivity index (χ1) is 7.86. The molecule has 16 heavy (non-hydrogen) atoms. The van der Waals surface area contributed by atoms with Crippen molar-refractivity contribution in [2.24, 2.45) is 0 Å². The predicted octanol–water partition coefficient (Wildman–Crippen LogP) is 1.41. The molecule has 1 atom stereocenters. The molecule has 0 bridgehead atoms. The fourth-order valence-electron chi connectivity index (χ4n) is 1.61. The van der Waals surface area contributed by atoms with Crippen LogP contribution in [0.3, 0.4) is 0 Å². The number of hydrogen-bond acceptors (Lipinski definition) is 3. The van der Waals surface area contributed by atoms with Crippen molar-refractivity contribution >= 4 is 5.91 Å². The monoisotopic (exact) mass is 221 g/mol. The van der Waals surface area contributed by atoms with Crippen LogP contribution < -0.4 is 5.48 Å². The van der Waals surface area contributed by atoms with Crippen LogP contribution in [0.15, 0.2) is 30.3 Å². The highest BCUT2D eigenvalue weighted by Crippen LogP contribution is 2.11. The van der Waals surface area contributed by atoms with Crippen LogP contribution in [-0.2, 0) is 21.0 Å². The van der Waals surface area contributed by atoms with Gasteiger partial charge in [0.2, 0.25) is 0 Å².